The molecular weight excluding hydrogens is 141 g/mol. The summed E-state index contributed by atoms with van der Waals surface area (Å²) in [5.41, 5.74) is 0.970. The number of hydrogen-bond acceptors (Lipinski definition) is 1. The Hall–Kier alpha value is -1.05. The van der Waals surface area contributed by atoms with E-state index in [9.17, 15) is 4.39 Å². The number of benzene rings is 1. The van der Waals surface area contributed by atoms with E-state index in [2.05, 4.69) is 5.32 Å². The molecule has 1 unspecified atom stereocenters. The van der Waals surface area contributed by atoms with Gasteiger partial charge in [-0.05, 0) is 19.1 Å². The maximum Gasteiger partial charge on any atom is 0.109 e. The van der Waals surface area contributed by atoms with Crippen molar-refractivity contribution in [2.24, 2.45) is 0 Å². The number of alkyl halides is 1. The summed E-state index contributed by atoms with van der Waals surface area (Å²) >= 11 is 0. The molecule has 1 atom stereocenters. The summed E-state index contributed by atoms with van der Waals surface area (Å²) in [6.07, 6.45) is 0. The molecule has 1 nitrogen and oxygen atoms in total. The van der Waals surface area contributed by atoms with Crippen LogP contribution in [0.25, 0.3) is 0 Å². The van der Waals surface area contributed by atoms with Crippen molar-refractivity contribution >= 4 is 5.69 Å². The summed E-state index contributed by atoms with van der Waals surface area (Å²) in [7, 11) is 0. The van der Waals surface area contributed by atoms with Crippen LogP contribution in [0.1, 0.15) is 6.92 Å². The predicted octanol–water partition coefficient (Wildman–Crippen LogP) is 2.46. The molecule has 0 aliphatic heterocycles. The largest absolute Gasteiger partial charge is 0.380 e. The Balaban J connectivity index is 2.51. The first-order valence-electron chi connectivity index (χ1n) is 3.70. The molecule has 1 aromatic rings. The second kappa shape index (κ2) is 3.96. The monoisotopic (exact) mass is 153 g/mol. The molecule has 0 aliphatic rings. The zero-order chi connectivity index (χ0) is 8.10. The second-order valence-corrected chi connectivity index (χ2v) is 2.57. The van der Waals surface area contributed by atoms with E-state index in [1.165, 1.54) is 0 Å². The van der Waals surface area contributed by atoms with Crippen LogP contribution >= 0.6 is 0 Å². The first-order chi connectivity index (χ1) is 5.33. The van der Waals surface area contributed by atoms with Crippen molar-refractivity contribution in [2.75, 3.05) is 12.0 Å². The fraction of sp³-hybridized carbons (Fsp3) is 0.333. The van der Waals surface area contributed by atoms with Gasteiger partial charge < -0.3 is 5.32 Å². The summed E-state index contributed by atoms with van der Waals surface area (Å²) in [6.45, 7) is 1.47. The standard InChI is InChI=1S/C9H12FN/c1-8(7-10)11-9-5-3-2-4-6-9/h2-6,8,11H,7H2,1H3. The zero-order valence-electron chi connectivity index (χ0n) is 6.55. The van der Waals surface area contributed by atoms with Gasteiger partial charge in [-0.1, -0.05) is 18.2 Å². The number of anilines is 1. The van der Waals surface area contributed by atoms with Gasteiger partial charge >= 0.3 is 0 Å². The Kier molecular flexibility index (Phi) is 2.90. The van der Waals surface area contributed by atoms with Crippen LogP contribution in [0.3, 0.4) is 0 Å². The quantitative estimate of drug-likeness (QED) is 0.703. The minimum atomic E-state index is -0.338. The van der Waals surface area contributed by atoms with E-state index in [1.807, 2.05) is 37.3 Å². The molecule has 1 rings (SSSR count). The summed E-state index contributed by atoms with van der Waals surface area (Å²) in [6, 6.07) is 9.53. The Morgan fingerprint density at radius 3 is 2.55 bits per heavy atom. The highest BCUT2D eigenvalue weighted by Gasteiger charge is 1.98. The molecule has 0 bridgehead atoms. The van der Waals surface area contributed by atoms with Crippen LogP contribution in [-0.2, 0) is 0 Å². The van der Waals surface area contributed by atoms with Crippen molar-refractivity contribution in [1.29, 1.82) is 0 Å². The van der Waals surface area contributed by atoms with Crippen molar-refractivity contribution < 1.29 is 4.39 Å². The average molecular weight is 153 g/mol. The van der Waals surface area contributed by atoms with E-state index < -0.39 is 0 Å². The van der Waals surface area contributed by atoms with Crippen molar-refractivity contribution in [3.8, 4) is 0 Å². The van der Waals surface area contributed by atoms with E-state index in [0.29, 0.717) is 0 Å². The van der Waals surface area contributed by atoms with Gasteiger partial charge in [-0.2, -0.15) is 0 Å². The van der Waals surface area contributed by atoms with Gasteiger partial charge in [-0.15, -0.1) is 0 Å². The first kappa shape index (κ1) is 8.05. The SMILES string of the molecule is CC(CF)Nc1ccccc1. The average Bonchev–Trinajstić information content (AvgIpc) is 2.06. The Labute approximate surface area is 66.2 Å². The third-order valence-corrected chi connectivity index (χ3v) is 1.42. The third kappa shape index (κ3) is 2.58. The van der Waals surface area contributed by atoms with Crippen LogP contribution in [0.4, 0.5) is 10.1 Å². The number of nitrogens with one attached hydrogen (secondary N) is 1. The molecule has 60 valence electrons. The molecule has 0 heterocycles. The van der Waals surface area contributed by atoms with Gasteiger partial charge in [0.2, 0.25) is 0 Å². The molecule has 0 saturated heterocycles. The van der Waals surface area contributed by atoms with Gasteiger partial charge in [0.1, 0.15) is 6.67 Å². The van der Waals surface area contributed by atoms with Crippen molar-refractivity contribution in [2.45, 2.75) is 13.0 Å². The molecule has 1 N–H and O–H groups in total. The predicted molar refractivity (Wildman–Crippen MR) is 45.5 cm³/mol. The van der Waals surface area contributed by atoms with E-state index in [1.54, 1.807) is 0 Å². The van der Waals surface area contributed by atoms with Crippen molar-refractivity contribution in [3.63, 3.8) is 0 Å². The van der Waals surface area contributed by atoms with Crippen LogP contribution in [0.15, 0.2) is 30.3 Å². The normalized spacial score (nSPS) is 12.5. The third-order valence-electron chi connectivity index (χ3n) is 1.42. The van der Waals surface area contributed by atoms with Gasteiger partial charge in [0.25, 0.3) is 0 Å². The maximum atomic E-state index is 12.0. The molecule has 0 saturated carbocycles. The Bertz CT molecular complexity index is 198. The number of halogens is 1. The molecule has 0 fully saturated rings. The highest BCUT2D eigenvalue weighted by atomic mass is 19.1. The molecule has 11 heavy (non-hydrogen) atoms. The van der Waals surface area contributed by atoms with Gasteiger partial charge in [0.05, 0.1) is 6.04 Å². The molecule has 0 aromatic heterocycles. The molecule has 0 spiro atoms. The lowest BCUT2D eigenvalue weighted by Crippen LogP contribution is -2.16. The van der Waals surface area contributed by atoms with Crippen LogP contribution in [0, 0.1) is 0 Å². The Morgan fingerprint density at radius 2 is 2.00 bits per heavy atom. The molecular formula is C9H12FN. The van der Waals surface area contributed by atoms with Crippen LogP contribution in [0.5, 0.6) is 0 Å². The number of para-hydroxylation sites is 1. The number of rotatable bonds is 3. The Morgan fingerprint density at radius 1 is 1.36 bits per heavy atom. The topological polar surface area (TPSA) is 12.0 Å². The lowest BCUT2D eigenvalue weighted by Gasteiger charge is -2.10. The van der Waals surface area contributed by atoms with Crippen molar-refractivity contribution in [1.82, 2.24) is 0 Å². The lowest BCUT2D eigenvalue weighted by molar-refractivity contribution is 0.460. The fourth-order valence-electron chi connectivity index (χ4n) is 0.857. The highest BCUT2D eigenvalue weighted by molar-refractivity contribution is 5.43. The van der Waals surface area contributed by atoms with Gasteiger partial charge in [0, 0.05) is 5.69 Å². The molecule has 0 radical (unpaired) electrons. The van der Waals surface area contributed by atoms with E-state index in [-0.39, 0.29) is 12.7 Å². The van der Waals surface area contributed by atoms with E-state index in [0.717, 1.165) is 5.69 Å². The second-order valence-electron chi connectivity index (χ2n) is 2.57. The maximum absolute atomic E-state index is 12.0. The lowest BCUT2D eigenvalue weighted by atomic mass is 10.3. The van der Waals surface area contributed by atoms with E-state index in [4.69, 9.17) is 0 Å². The van der Waals surface area contributed by atoms with Crippen molar-refractivity contribution in [3.05, 3.63) is 30.3 Å². The first-order valence-corrected chi connectivity index (χ1v) is 3.70. The minimum Gasteiger partial charge on any atom is -0.380 e. The summed E-state index contributed by atoms with van der Waals surface area (Å²) in [5, 5.41) is 3.02. The van der Waals surface area contributed by atoms with Crippen LogP contribution in [0.2, 0.25) is 0 Å². The summed E-state index contributed by atoms with van der Waals surface area (Å²) < 4.78 is 12.0. The molecule has 0 amide bonds. The smallest absolute Gasteiger partial charge is 0.109 e. The van der Waals surface area contributed by atoms with Gasteiger partial charge in [-0.25, -0.2) is 4.39 Å². The fourth-order valence-corrected chi connectivity index (χ4v) is 0.857. The van der Waals surface area contributed by atoms with E-state index >= 15 is 0 Å². The number of hydrogen-bond donors (Lipinski definition) is 1. The molecule has 0 aliphatic carbocycles. The zero-order valence-corrected chi connectivity index (χ0v) is 6.55. The molecule has 2 heteroatoms. The summed E-state index contributed by atoms with van der Waals surface area (Å²) in [5.74, 6) is 0. The highest BCUT2D eigenvalue weighted by Crippen LogP contribution is 2.06. The molecule has 1 aromatic carbocycles. The van der Waals surface area contributed by atoms with Gasteiger partial charge in [0.15, 0.2) is 0 Å². The van der Waals surface area contributed by atoms with Crippen LogP contribution < -0.4 is 5.32 Å². The van der Waals surface area contributed by atoms with Gasteiger partial charge in [-0.3, -0.25) is 0 Å². The van der Waals surface area contributed by atoms with Crippen LogP contribution in [-0.4, -0.2) is 12.7 Å². The summed E-state index contributed by atoms with van der Waals surface area (Å²) in [4.78, 5) is 0. The minimum absolute atomic E-state index is 0.0996.